The molecule has 1 aromatic carbocycles. The lowest BCUT2D eigenvalue weighted by atomic mass is 10.2. The molecular weight excluding hydrogens is 342 g/mol. The van der Waals surface area contributed by atoms with Gasteiger partial charge in [0, 0.05) is 11.9 Å². The van der Waals surface area contributed by atoms with E-state index >= 15 is 0 Å². The number of thioether (sulfide) groups is 1. The van der Waals surface area contributed by atoms with Gasteiger partial charge in [0.15, 0.2) is 5.65 Å². The van der Waals surface area contributed by atoms with E-state index in [9.17, 15) is 0 Å². The Morgan fingerprint density at radius 2 is 1.92 bits per heavy atom. The normalized spacial score (nSPS) is 11.9. The van der Waals surface area contributed by atoms with Crippen molar-refractivity contribution in [2.75, 3.05) is 25.4 Å². The predicted octanol–water partition coefficient (Wildman–Crippen LogP) is 3.10. The lowest BCUT2D eigenvalue weighted by molar-refractivity contribution is -0.893. The molecule has 0 saturated carbocycles. The molecule has 6 heteroatoms. The third kappa shape index (κ3) is 4.01. The van der Waals surface area contributed by atoms with Crippen molar-refractivity contribution in [3.05, 3.63) is 23.8 Å². The van der Waals surface area contributed by atoms with E-state index in [1.54, 1.807) is 16.7 Å². The quantitative estimate of drug-likeness (QED) is 0.586. The zero-order valence-corrected chi connectivity index (χ0v) is 17.2. The molecule has 3 rings (SSSR count). The van der Waals surface area contributed by atoms with Gasteiger partial charge < -0.3 is 9.47 Å². The third-order valence-corrected chi connectivity index (χ3v) is 5.86. The van der Waals surface area contributed by atoms with Crippen LogP contribution in [0.1, 0.15) is 39.2 Å². The molecule has 0 aliphatic rings. The molecule has 3 aromatic rings. The van der Waals surface area contributed by atoms with Crippen LogP contribution in [-0.4, -0.2) is 45.1 Å². The van der Waals surface area contributed by atoms with Crippen LogP contribution in [0.5, 0.6) is 0 Å². The monoisotopic (exact) mass is 372 g/mol. The molecule has 0 saturated heterocycles. The highest BCUT2D eigenvalue weighted by Crippen LogP contribution is 2.28. The van der Waals surface area contributed by atoms with Gasteiger partial charge >= 0.3 is 0 Å². The number of fused-ring (bicyclic) bond motifs is 3. The van der Waals surface area contributed by atoms with Gasteiger partial charge in [0.2, 0.25) is 5.16 Å². The van der Waals surface area contributed by atoms with Crippen molar-refractivity contribution in [1.29, 1.82) is 0 Å². The number of nitrogens with zero attached hydrogens (tertiary/aromatic N) is 4. The summed E-state index contributed by atoms with van der Waals surface area (Å²) in [5.74, 6) is 1.03. The molecule has 0 atom stereocenters. The lowest BCUT2D eigenvalue weighted by Gasteiger charge is -2.14. The van der Waals surface area contributed by atoms with Crippen molar-refractivity contribution in [3.8, 4) is 0 Å². The number of benzene rings is 1. The Bertz CT molecular complexity index is 869. The molecule has 0 aliphatic carbocycles. The fourth-order valence-electron chi connectivity index (χ4n) is 3.35. The smallest absolute Gasteiger partial charge is 0.211 e. The van der Waals surface area contributed by atoms with E-state index in [1.807, 2.05) is 0 Å². The van der Waals surface area contributed by atoms with Crippen molar-refractivity contribution in [3.63, 3.8) is 0 Å². The summed E-state index contributed by atoms with van der Waals surface area (Å²) >= 11 is 1.72. The average molecular weight is 373 g/mol. The fraction of sp³-hybridized carbons (Fsp3) is 0.550. The van der Waals surface area contributed by atoms with E-state index in [1.165, 1.54) is 36.0 Å². The molecule has 1 N–H and O–H groups in total. The molecule has 140 valence electrons. The van der Waals surface area contributed by atoms with Crippen LogP contribution in [0.2, 0.25) is 0 Å². The molecule has 2 heterocycles. The summed E-state index contributed by atoms with van der Waals surface area (Å²) in [4.78, 5) is 6.50. The van der Waals surface area contributed by atoms with Gasteiger partial charge in [0.05, 0.1) is 30.9 Å². The topological polar surface area (TPSA) is 48.0 Å². The van der Waals surface area contributed by atoms with Crippen LogP contribution in [-0.2, 0) is 6.54 Å². The van der Waals surface area contributed by atoms with Crippen molar-refractivity contribution in [1.82, 2.24) is 19.7 Å². The summed E-state index contributed by atoms with van der Waals surface area (Å²) < 4.78 is 2.32. The first-order valence-electron chi connectivity index (χ1n) is 9.77. The number of rotatable bonds is 9. The summed E-state index contributed by atoms with van der Waals surface area (Å²) in [6.07, 6.45) is 2.31. The van der Waals surface area contributed by atoms with E-state index in [2.05, 4.69) is 60.7 Å². The zero-order chi connectivity index (χ0) is 18.5. The molecule has 0 unspecified atom stereocenters. The number of unbranched alkanes of at least 4 members (excludes halogenated alkanes) is 1. The summed E-state index contributed by atoms with van der Waals surface area (Å²) in [5, 5.41) is 10.9. The number of nitrogens with one attached hydrogen (secondary N) is 1. The average Bonchev–Trinajstić information content (AvgIpc) is 2.96. The van der Waals surface area contributed by atoms with Crippen molar-refractivity contribution < 1.29 is 4.90 Å². The summed E-state index contributed by atoms with van der Waals surface area (Å²) in [5.41, 5.74) is 4.37. The minimum atomic E-state index is 0.793. The minimum absolute atomic E-state index is 0.793. The Labute approximate surface area is 160 Å². The molecule has 0 radical (unpaired) electrons. The summed E-state index contributed by atoms with van der Waals surface area (Å²) in [6, 6.07) is 6.56. The Morgan fingerprint density at radius 1 is 1.12 bits per heavy atom. The highest BCUT2D eigenvalue weighted by atomic mass is 32.2. The van der Waals surface area contributed by atoms with Gasteiger partial charge in [-0.3, -0.25) is 0 Å². The zero-order valence-electron chi connectivity index (χ0n) is 16.4. The van der Waals surface area contributed by atoms with E-state index in [-0.39, 0.29) is 0 Å². The summed E-state index contributed by atoms with van der Waals surface area (Å²) in [6.45, 7) is 13.3. The molecule has 0 fully saturated rings. The maximum Gasteiger partial charge on any atom is 0.211 e. The molecule has 0 bridgehead atoms. The van der Waals surface area contributed by atoms with Crippen molar-refractivity contribution in [2.24, 2.45) is 0 Å². The Hall–Kier alpha value is -1.66. The first kappa shape index (κ1) is 19.1. The minimum Gasteiger partial charge on any atom is -0.335 e. The number of hydrogen-bond donors (Lipinski definition) is 1. The Morgan fingerprint density at radius 3 is 2.65 bits per heavy atom. The van der Waals surface area contributed by atoms with Crippen LogP contribution in [0.15, 0.2) is 23.4 Å². The van der Waals surface area contributed by atoms with Gasteiger partial charge in [-0.15, -0.1) is 10.2 Å². The lowest BCUT2D eigenvalue weighted by Crippen LogP contribution is -3.11. The highest BCUT2D eigenvalue weighted by Gasteiger charge is 2.15. The second-order valence-corrected chi connectivity index (χ2v) is 7.91. The van der Waals surface area contributed by atoms with E-state index in [0.717, 1.165) is 41.6 Å². The number of aromatic nitrogens is 4. The second kappa shape index (κ2) is 8.82. The largest absolute Gasteiger partial charge is 0.335 e. The van der Waals surface area contributed by atoms with Gasteiger partial charge in [0.1, 0.15) is 5.52 Å². The molecule has 2 aromatic heterocycles. The van der Waals surface area contributed by atoms with Crippen LogP contribution >= 0.6 is 11.8 Å². The van der Waals surface area contributed by atoms with Crippen LogP contribution in [0.25, 0.3) is 22.1 Å². The van der Waals surface area contributed by atoms with Crippen LogP contribution in [0.3, 0.4) is 0 Å². The van der Waals surface area contributed by atoms with Crippen LogP contribution in [0.4, 0.5) is 0 Å². The highest BCUT2D eigenvalue weighted by molar-refractivity contribution is 7.99. The van der Waals surface area contributed by atoms with Crippen molar-refractivity contribution >= 4 is 33.8 Å². The maximum atomic E-state index is 4.89. The first-order valence-corrected chi connectivity index (χ1v) is 10.8. The van der Waals surface area contributed by atoms with Gasteiger partial charge in [-0.25, -0.2) is 4.98 Å². The molecule has 0 amide bonds. The standard InChI is InChI=1S/C20H29N5S/c1-5-8-11-25-17-10-9-15(4)14-16(17)18-19(25)21-20(23-22-18)26-13-12-24(6-2)7-3/h9-10,14H,5-8,11-13H2,1-4H3/p+1. The molecule has 26 heavy (non-hydrogen) atoms. The SMILES string of the molecule is CCCCn1c2ccc(C)cc2c2nnc(SCC[NH+](CC)CC)nc21. The molecule has 0 aliphatic heterocycles. The first-order chi connectivity index (χ1) is 12.7. The maximum absolute atomic E-state index is 4.89. The molecule has 0 spiro atoms. The van der Waals surface area contributed by atoms with E-state index < -0.39 is 0 Å². The van der Waals surface area contributed by atoms with E-state index in [0.29, 0.717) is 0 Å². The van der Waals surface area contributed by atoms with Gasteiger partial charge in [-0.1, -0.05) is 36.7 Å². The molecular formula is C20H30N5S+. The van der Waals surface area contributed by atoms with Gasteiger partial charge in [0.25, 0.3) is 0 Å². The van der Waals surface area contributed by atoms with Crippen LogP contribution < -0.4 is 4.90 Å². The third-order valence-electron chi connectivity index (χ3n) is 5.02. The predicted molar refractivity (Wildman–Crippen MR) is 110 cm³/mol. The number of aryl methyl sites for hydroxylation is 2. The Kier molecular flexibility index (Phi) is 6.48. The van der Waals surface area contributed by atoms with Gasteiger partial charge in [-0.05, 0) is 39.3 Å². The second-order valence-electron chi connectivity index (χ2n) is 6.85. The van der Waals surface area contributed by atoms with Crippen molar-refractivity contribution in [2.45, 2.75) is 52.2 Å². The Balaban J connectivity index is 1.93. The van der Waals surface area contributed by atoms with Gasteiger partial charge in [-0.2, -0.15) is 0 Å². The number of hydrogen-bond acceptors (Lipinski definition) is 4. The van der Waals surface area contributed by atoms with E-state index in [4.69, 9.17) is 4.98 Å². The summed E-state index contributed by atoms with van der Waals surface area (Å²) in [7, 11) is 0. The fourth-order valence-corrected chi connectivity index (χ4v) is 4.17. The number of quaternary nitrogens is 1. The van der Waals surface area contributed by atoms with Crippen LogP contribution in [0, 0.1) is 6.92 Å². The molecule has 5 nitrogen and oxygen atoms in total.